The molecule has 0 unspecified atom stereocenters. The second kappa shape index (κ2) is 9.54. The number of hydrogen-bond acceptors (Lipinski definition) is 6. The lowest BCUT2D eigenvalue weighted by Gasteiger charge is -2.17. The van der Waals surface area contributed by atoms with Gasteiger partial charge in [0.1, 0.15) is 0 Å². The largest absolute Gasteiger partial charge is 0.462 e. The van der Waals surface area contributed by atoms with Crippen LogP contribution < -0.4 is 4.90 Å². The quantitative estimate of drug-likeness (QED) is 0.495. The van der Waals surface area contributed by atoms with E-state index in [-0.39, 0.29) is 31.3 Å². The number of benzene rings is 2. The summed E-state index contributed by atoms with van der Waals surface area (Å²) in [7, 11) is 0. The summed E-state index contributed by atoms with van der Waals surface area (Å²) in [4.78, 5) is 50.0. The number of hydrogen-bond donors (Lipinski definition) is 0. The molecule has 1 heterocycles. The molecule has 1 aliphatic heterocycles. The highest BCUT2D eigenvalue weighted by Gasteiger charge is 2.36. The molecular weight excluding hydrogens is 410 g/mol. The molecule has 156 valence electrons. The topological polar surface area (TPSA) is 90.0 Å². The molecule has 1 saturated heterocycles. The van der Waals surface area contributed by atoms with Crippen LogP contribution in [0.25, 0.3) is 0 Å². The van der Waals surface area contributed by atoms with Crippen LogP contribution >= 0.6 is 11.6 Å². The highest BCUT2D eigenvalue weighted by atomic mass is 35.5. The van der Waals surface area contributed by atoms with Crippen LogP contribution in [0.3, 0.4) is 0 Å². The predicted molar refractivity (Wildman–Crippen MR) is 110 cm³/mol. The molecule has 0 saturated carbocycles. The van der Waals surface area contributed by atoms with Crippen LogP contribution in [0.1, 0.15) is 34.1 Å². The molecule has 1 fully saturated rings. The molecule has 1 aliphatic rings. The molecule has 0 bridgehead atoms. The Kier molecular flexibility index (Phi) is 6.84. The molecule has 3 rings (SSSR count). The van der Waals surface area contributed by atoms with Gasteiger partial charge in [-0.3, -0.25) is 14.4 Å². The zero-order chi connectivity index (χ0) is 21.7. The summed E-state index contributed by atoms with van der Waals surface area (Å²) < 4.78 is 10.1. The fourth-order valence-electron chi connectivity index (χ4n) is 3.08. The van der Waals surface area contributed by atoms with Gasteiger partial charge in [0.25, 0.3) is 0 Å². The van der Waals surface area contributed by atoms with Gasteiger partial charge in [0, 0.05) is 29.2 Å². The molecule has 0 aliphatic carbocycles. The fraction of sp³-hybridized carbons (Fsp3) is 0.273. The zero-order valence-corrected chi connectivity index (χ0v) is 17.1. The zero-order valence-electron chi connectivity index (χ0n) is 16.3. The van der Waals surface area contributed by atoms with Crippen molar-refractivity contribution < 1.29 is 28.7 Å². The summed E-state index contributed by atoms with van der Waals surface area (Å²) >= 11 is 5.79. The van der Waals surface area contributed by atoms with Crippen molar-refractivity contribution in [1.29, 1.82) is 0 Å². The summed E-state index contributed by atoms with van der Waals surface area (Å²) in [5.74, 6) is -2.29. The van der Waals surface area contributed by atoms with Gasteiger partial charge in [-0.25, -0.2) is 4.79 Å². The van der Waals surface area contributed by atoms with E-state index in [0.29, 0.717) is 21.8 Å². The van der Waals surface area contributed by atoms with E-state index in [1.54, 1.807) is 55.5 Å². The minimum atomic E-state index is -0.666. The third-order valence-electron chi connectivity index (χ3n) is 4.66. The van der Waals surface area contributed by atoms with E-state index in [1.165, 1.54) is 4.90 Å². The van der Waals surface area contributed by atoms with Gasteiger partial charge >= 0.3 is 11.9 Å². The van der Waals surface area contributed by atoms with Crippen LogP contribution in [0.4, 0.5) is 5.69 Å². The second-order valence-corrected chi connectivity index (χ2v) is 7.15. The first-order valence-corrected chi connectivity index (χ1v) is 9.79. The summed E-state index contributed by atoms with van der Waals surface area (Å²) in [6.07, 6.45) is -0.00635. The molecule has 0 spiro atoms. The molecule has 30 heavy (non-hydrogen) atoms. The molecular formula is C22H20ClNO6. The maximum Gasteiger partial charge on any atom is 0.338 e. The predicted octanol–water partition coefficient (Wildman–Crippen LogP) is 3.30. The Balaban J connectivity index is 1.57. The van der Waals surface area contributed by atoms with E-state index in [1.807, 2.05) is 0 Å². The number of nitrogens with zero attached hydrogens (tertiary/aromatic N) is 1. The van der Waals surface area contributed by atoms with Crippen LogP contribution in [0.15, 0.2) is 48.5 Å². The summed E-state index contributed by atoms with van der Waals surface area (Å²) in [6, 6.07) is 12.7. The number of ketones is 1. The first-order valence-electron chi connectivity index (χ1n) is 9.42. The number of Topliss-reactive ketones (excluding diaryl/α,β-unsaturated/α-hetero) is 1. The van der Waals surface area contributed by atoms with Gasteiger partial charge in [0.2, 0.25) is 5.91 Å². The van der Waals surface area contributed by atoms with Crippen molar-refractivity contribution >= 4 is 40.9 Å². The first-order chi connectivity index (χ1) is 14.4. The van der Waals surface area contributed by atoms with E-state index < -0.39 is 24.5 Å². The summed E-state index contributed by atoms with van der Waals surface area (Å²) in [5.41, 5.74) is 1.34. The molecule has 8 heteroatoms. The number of rotatable bonds is 7. The Labute approximate surface area is 178 Å². The second-order valence-electron chi connectivity index (χ2n) is 6.71. The Morgan fingerprint density at radius 2 is 1.63 bits per heavy atom. The third kappa shape index (κ3) is 5.04. The van der Waals surface area contributed by atoms with Crippen molar-refractivity contribution in [2.75, 3.05) is 24.7 Å². The monoisotopic (exact) mass is 429 g/mol. The summed E-state index contributed by atoms with van der Waals surface area (Å²) in [6.45, 7) is 1.73. The number of esters is 2. The highest BCUT2D eigenvalue weighted by Crippen LogP contribution is 2.26. The molecule has 1 amide bonds. The van der Waals surface area contributed by atoms with Crippen molar-refractivity contribution in [3.63, 3.8) is 0 Å². The lowest BCUT2D eigenvalue weighted by atomic mass is 10.1. The number of carbonyl (C=O) groups excluding carboxylic acids is 4. The van der Waals surface area contributed by atoms with E-state index in [4.69, 9.17) is 21.1 Å². The Hall–Kier alpha value is -3.19. The van der Waals surface area contributed by atoms with Crippen LogP contribution in [-0.4, -0.2) is 43.4 Å². The standard InChI is InChI=1S/C22H20ClNO6/c1-2-29-21(27)15-5-9-18(10-6-15)24-12-16(11-20(24)26)22(28)30-13-19(25)14-3-7-17(23)8-4-14/h3-10,16H,2,11-13H2,1H3/t16-/m1/s1. The van der Waals surface area contributed by atoms with Crippen LogP contribution in [0.5, 0.6) is 0 Å². The van der Waals surface area contributed by atoms with Gasteiger partial charge in [-0.05, 0) is 55.5 Å². The number of anilines is 1. The lowest BCUT2D eigenvalue weighted by Crippen LogP contribution is -2.27. The molecule has 0 N–H and O–H groups in total. The average molecular weight is 430 g/mol. The third-order valence-corrected chi connectivity index (χ3v) is 4.91. The number of carbonyl (C=O) groups is 4. The maximum absolute atomic E-state index is 12.3. The highest BCUT2D eigenvalue weighted by molar-refractivity contribution is 6.30. The molecule has 2 aromatic rings. The maximum atomic E-state index is 12.3. The van der Waals surface area contributed by atoms with Gasteiger partial charge in [-0.2, -0.15) is 0 Å². The normalized spacial score (nSPS) is 15.7. The van der Waals surface area contributed by atoms with Crippen LogP contribution in [-0.2, 0) is 19.1 Å². The molecule has 0 radical (unpaired) electrons. The number of ether oxygens (including phenoxy) is 2. The van der Waals surface area contributed by atoms with Crippen molar-refractivity contribution in [3.8, 4) is 0 Å². The van der Waals surface area contributed by atoms with Gasteiger partial charge in [-0.1, -0.05) is 11.6 Å². The fourth-order valence-corrected chi connectivity index (χ4v) is 3.21. The minimum Gasteiger partial charge on any atom is -0.462 e. The van der Waals surface area contributed by atoms with Crippen LogP contribution in [0.2, 0.25) is 5.02 Å². The van der Waals surface area contributed by atoms with Gasteiger partial charge < -0.3 is 14.4 Å². The van der Waals surface area contributed by atoms with Gasteiger partial charge in [-0.15, -0.1) is 0 Å². The Morgan fingerprint density at radius 3 is 2.27 bits per heavy atom. The van der Waals surface area contributed by atoms with Gasteiger partial charge in [0.05, 0.1) is 18.1 Å². The van der Waals surface area contributed by atoms with E-state index in [2.05, 4.69) is 0 Å². The smallest absolute Gasteiger partial charge is 0.338 e. The van der Waals surface area contributed by atoms with Crippen molar-refractivity contribution in [2.24, 2.45) is 5.92 Å². The number of amides is 1. The molecule has 2 aromatic carbocycles. The number of halogens is 1. The molecule has 0 aromatic heterocycles. The van der Waals surface area contributed by atoms with E-state index in [0.717, 1.165) is 0 Å². The van der Waals surface area contributed by atoms with Crippen molar-refractivity contribution in [2.45, 2.75) is 13.3 Å². The summed E-state index contributed by atoms with van der Waals surface area (Å²) in [5, 5.41) is 0.503. The minimum absolute atomic E-state index is 0.00635. The van der Waals surface area contributed by atoms with Crippen molar-refractivity contribution in [1.82, 2.24) is 0 Å². The van der Waals surface area contributed by atoms with Gasteiger partial charge in [0.15, 0.2) is 12.4 Å². The molecule has 7 nitrogen and oxygen atoms in total. The van der Waals surface area contributed by atoms with Crippen LogP contribution in [0, 0.1) is 5.92 Å². The van der Waals surface area contributed by atoms with Crippen molar-refractivity contribution in [3.05, 3.63) is 64.7 Å². The first kappa shape index (κ1) is 21.5. The SMILES string of the molecule is CCOC(=O)c1ccc(N2C[C@H](C(=O)OCC(=O)c3ccc(Cl)cc3)CC2=O)cc1. The average Bonchev–Trinajstić information content (AvgIpc) is 3.14. The lowest BCUT2D eigenvalue weighted by molar-refractivity contribution is -0.147. The molecule has 1 atom stereocenters. The Bertz CT molecular complexity index is 955. The Morgan fingerprint density at radius 1 is 1.00 bits per heavy atom. The van der Waals surface area contributed by atoms with E-state index >= 15 is 0 Å². The van der Waals surface area contributed by atoms with E-state index in [9.17, 15) is 19.2 Å².